The van der Waals surface area contributed by atoms with Crippen molar-refractivity contribution in [3.05, 3.63) is 0 Å². The van der Waals surface area contributed by atoms with E-state index in [1.807, 2.05) is 6.92 Å². The summed E-state index contributed by atoms with van der Waals surface area (Å²) in [6.45, 7) is 5.17. The van der Waals surface area contributed by atoms with Crippen LogP contribution in [-0.2, 0) is 4.79 Å². The van der Waals surface area contributed by atoms with Gasteiger partial charge >= 0.3 is 0 Å². The molecule has 0 saturated heterocycles. The molecule has 0 spiro atoms. The second-order valence-electron chi connectivity index (χ2n) is 6.29. The maximum Gasteiger partial charge on any atom is 0.227 e. The molecule has 4 atom stereocenters. The van der Waals surface area contributed by atoms with Gasteiger partial charge in [-0.2, -0.15) is 0 Å². The summed E-state index contributed by atoms with van der Waals surface area (Å²) in [4.78, 5) is 12.2. The fourth-order valence-electron chi connectivity index (χ4n) is 3.43. The first-order chi connectivity index (χ1) is 8.04. The Kier molecular flexibility index (Phi) is 3.76. The molecule has 2 aliphatic rings. The van der Waals surface area contributed by atoms with Crippen LogP contribution in [0.25, 0.3) is 0 Å². The lowest BCUT2D eigenvalue weighted by molar-refractivity contribution is -0.130. The van der Waals surface area contributed by atoms with Gasteiger partial charge in [-0.3, -0.25) is 4.79 Å². The van der Waals surface area contributed by atoms with Gasteiger partial charge in [0.15, 0.2) is 0 Å². The van der Waals surface area contributed by atoms with E-state index in [1.54, 1.807) is 0 Å². The van der Waals surface area contributed by atoms with Gasteiger partial charge in [-0.15, -0.1) is 0 Å². The molecule has 0 aromatic heterocycles. The Morgan fingerprint density at radius 1 is 1.35 bits per heavy atom. The minimum absolute atomic E-state index is 0.0449. The molecule has 2 rings (SSSR count). The largest absolute Gasteiger partial charge is 0.355 e. The maximum absolute atomic E-state index is 12.2. The average molecular weight is 238 g/mol. The number of hydrogen-bond donors (Lipinski definition) is 2. The smallest absolute Gasteiger partial charge is 0.227 e. The molecule has 2 fully saturated rings. The van der Waals surface area contributed by atoms with E-state index >= 15 is 0 Å². The third kappa shape index (κ3) is 2.49. The Hall–Kier alpha value is -0.570. The van der Waals surface area contributed by atoms with Crippen molar-refractivity contribution in [2.75, 3.05) is 6.54 Å². The summed E-state index contributed by atoms with van der Waals surface area (Å²) in [5, 5.41) is 3.15. The molecule has 17 heavy (non-hydrogen) atoms. The van der Waals surface area contributed by atoms with E-state index in [9.17, 15) is 4.79 Å². The molecule has 3 nitrogen and oxygen atoms in total. The zero-order valence-electron chi connectivity index (χ0n) is 11.2. The predicted molar refractivity (Wildman–Crippen MR) is 69.4 cm³/mol. The van der Waals surface area contributed by atoms with Crippen LogP contribution in [0.15, 0.2) is 0 Å². The van der Waals surface area contributed by atoms with Crippen molar-refractivity contribution in [2.45, 2.75) is 58.4 Å². The molecular weight excluding hydrogens is 212 g/mol. The molecule has 1 amide bonds. The van der Waals surface area contributed by atoms with Gasteiger partial charge in [-0.1, -0.05) is 26.2 Å². The van der Waals surface area contributed by atoms with Gasteiger partial charge in [0, 0.05) is 12.6 Å². The molecule has 4 unspecified atom stereocenters. The topological polar surface area (TPSA) is 55.1 Å². The van der Waals surface area contributed by atoms with Gasteiger partial charge in [0.25, 0.3) is 0 Å². The van der Waals surface area contributed by atoms with E-state index in [-0.39, 0.29) is 17.4 Å². The summed E-state index contributed by atoms with van der Waals surface area (Å²) in [5.41, 5.74) is 5.75. The van der Waals surface area contributed by atoms with E-state index in [2.05, 4.69) is 12.2 Å². The van der Waals surface area contributed by atoms with E-state index in [1.165, 1.54) is 19.3 Å². The third-order valence-corrected chi connectivity index (χ3v) is 5.11. The molecule has 0 heterocycles. The van der Waals surface area contributed by atoms with E-state index in [4.69, 9.17) is 5.73 Å². The Labute approximate surface area is 105 Å². The number of amides is 1. The van der Waals surface area contributed by atoms with E-state index < -0.39 is 0 Å². The Balaban J connectivity index is 1.84. The van der Waals surface area contributed by atoms with Crippen LogP contribution < -0.4 is 11.1 Å². The highest BCUT2D eigenvalue weighted by molar-refractivity contribution is 5.83. The molecule has 2 saturated carbocycles. The maximum atomic E-state index is 12.2. The van der Waals surface area contributed by atoms with Crippen LogP contribution in [-0.4, -0.2) is 18.5 Å². The predicted octanol–water partition coefficient (Wildman–Crippen LogP) is 2.06. The molecule has 0 bridgehead atoms. The van der Waals surface area contributed by atoms with Crippen LogP contribution in [0.2, 0.25) is 0 Å². The highest BCUT2D eigenvalue weighted by Crippen LogP contribution is 2.37. The van der Waals surface area contributed by atoms with Crippen LogP contribution in [0.4, 0.5) is 0 Å². The Morgan fingerprint density at radius 3 is 2.65 bits per heavy atom. The van der Waals surface area contributed by atoms with Crippen molar-refractivity contribution in [3.63, 3.8) is 0 Å². The molecule has 3 heteroatoms. The van der Waals surface area contributed by atoms with Crippen LogP contribution in [0.5, 0.6) is 0 Å². The first-order valence-corrected chi connectivity index (χ1v) is 7.08. The van der Waals surface area contributed by atoms with Crippen molar-refractivity contribution in [1.82, 2.24) is 5.32 Å². The molecule has 2 aliphatic carbocycles. The van der Waals surface area contributed by atoms with Gasteiger partial charge in [-0.25, -0.2) is 0 Å². The Bertz CT molecular complexity index is 292. The van der Waals surface area contributed by atoms with Gasteiger partial charge < -0.3 is 11.1 Å². The SMILES string of the molecule is CC1CCCC1CNC(=O)C1(C)CCCC1N. The standard InChI is InChI=1S/C14H26N2O/c1-10-5-3-6-11(10)9-16-13(17)14(2)8-4-7-12(14)15/h10-12H,3-9,15H2,1-2H3,(H,16,17). The molecule has 3 N–H and O–H groups in total. The van der Waals surface area contributed by atoms with E-state index in [0.29, 0.717) is 5.92 Å². The number of hydrogen-bond acceptors (Lipinski definition) is 2. The average Bonchev–Trinajstić information content (AvgIpc) is 2.84. The van der Waals surface area contributed by atoms with Crippen molar-refractivity contribution in [3.8, 4) is 0 Å². The van der Waals surface area contributed by atoms with Crippen LogP contribution in [0.3, 0.4) is 0 Å². The summed E-state index contributed by atoms with van der Waals surface area (Å²) in [5.74, 6) is 1.63. The molecular formula is C14H26N2O. The molecule has 0 aromatic rings. The molecule has 0 aromatic carbocycles. The second kappa shape index (κ2) is 4.97. The minimum Gasteiger partial charge on any atom is -0.355 e. The summed E-state index contributed by atoms with van der Waals surface area (Å²) in [6, 6.07) is 0.0449. The van der Waals surface area contributed by atoms with Crippen molar-refractivity contribution >= 4 is 5.91 Å². The quantitative estimate of drug-likeness (QED) is 0.790. The van der Waals surface area contributed by atoms with E-state index in [0.717, 1.165) is 31.7 Å². The number of nitrogens with one attached hydrogen (secondary N) is 1. The molecule has 0 aliphatic heterocycles. The molecule has 0 radical (unpaired) electrons. The highest BCUT2D eigenvalue weighted by atomic mass is 16.2. The zero-order valence-corrected chi connectivity index (χ0v) is 11.2. The third-order valence-electron chi connectivity index (χ3n) is 5.11. The highest BCUT2D eigenvalue weighted by Gasteiger charge is 2.43. The zero-order chi connectivity index (χ0) is 12.5. The number of carbonyl (C=O) groups excluding carboxylic acids is 1. The first-order valence-electron chi connectivity index (χ1n) is 7.08. The number of carbonyl (C=O) groups is 1. The lowest BCUT2D eigenvalue weighted by Crippen LogP contribution is -2.48. The van der Waals surface area contributed by atoms with Crippen molar-refractivity contribution in [2.24, 2.45) is 23.0 Å². The second-order valence-corrected chi connectivity index (χ2v) is 6.29. The van der Waals surface area contributed by atoms with Gasteiger partial charge in [0.05, 0.1) is 5.41 Å². The number of nitrogens with two attached hydrogens (primary N) is 1. The first kappa shape index (κ1) is 12.9. The van der Waals surface area contributed by atoms with Crippen LogP contribution in [0.1, 0.15) is 52.4 Å². The molecule has 98 valence electrons. The summed E-state index contributed by atoms with van der Waals surface area (Å²) >= 11 is 0. The van der Waals surface area contributed by atoms with Gasteiger partial charge in [0.2, 0.25) is 5.91 Å². The normalized spacial score (nSPS) is 41.7. The summed E-state index contributed by atoms with van der Waals surface area (Å²) < 4.78 is 0. The lowest BCUT2D eigenvalue weighted by atomic mass is 9.84. The number of rotatable bonds is 3. The lowest BCUT2D eigenvalue weighted by Gasteiger charge is -2.28. The van der Waals surface area contributed by atoms with Crippen LogP contribution >= 0.6 is 0 Å². The fraction of sp³-hybridized carbons (Fsp3) is 0.929. The minimum atomic E-state index is -0.318. The monoisotopic (exact) mass is 238 g/mol. The summed E-state index contributed by atoms with van der Waals surface area (Å²) in [6.07, 6.45) is 6.93. The van der Waals surface area contributed by atoms with Gasteiger partial charge in [0.1, 0.15) is 0 Å². The van der Waals surface area contributed by atoms with Crippen molar-refractivity contribution < 1.29 is 4.79 Å². The summed E-state index contributed by atoms with van der Waals surface area (Å²) in [7, 11) is 0. The van der Waals surface area contributed by atoms with Crippen LogP contribution in [0, 0.1) is 17.3 Å². The Morgan fingerprint density at radius 2 is 2.12 bits per heavy atom. The fourth-order valence-corrected chi connectivity index (χ4v) is 3.43. The van der Waals surface area contributed by atoms with Crippen molar-refractivity contribution in [1.29, 1.82) is 0 Å². The van der Waals surface area contributed by atoms with Gasteiger partial charge in [-0.05, 0) is 38.0 Å².